The van der Waals surface area contributed by atoms with Crippen LogP contribution in [-0.4, -0.2) is 19.6 Å². The van der Waals surface area contributed by atoms with Crippen molar-refractivity contribution in [3.63, 3.8) is 0 Å². The average molecular weight is 207 g/mol. The van der Waals surface area contributed by atoms with Gasteiger partial charge >= 0.3 is 0 Å². The highest BCUT2D eigenvalue weighted by Crippen LogP contribution is 2.10. The van der Waals surface area contributed by atoms with Gasteiger partial charge in [0.05, 0.1) is 12.6 Å². The highest BCUT2D eigenvalue weighted by molar-refractivity contribution is 5.76. The van der Waals surface area contributed by atoms with Crippen LogP contribution in [0.15, 0.2) is 30.3 Å². The predicted octanol–water partition coefficient (Wildman–Crippen LogP) is 1.90. The third-order valence-corrected chi connectivity index (χ3v) is 2.21. The van der Waals surface area contributed by atoms with Gasteiger partial charge in [-0.1, -0.05) is 30.3 Å². The molecule has 1 rings (SSSR count). The van der Waals surface area contributed by atoms with Gasteiger partial charge in [0.2, 0.25) is 5.91 Å². The van der Waals surface area contributed by atoms with Gasteiger partial charge in [-0.3, -0.25) is 4.79 Å². The SMILES string of the molecule is COCCC(=O)N[C@@H](C)c1ccccc1. The Bertz CT molecular complexity index is 298. The van der Waals surface area contributed by atoms with E-state index in [1.54, 1.807) is 7.11 Å². The van der Waals surface area contributed by atoms with E-state index in [0.29, 0.717) is 13.0 Å². The highest BCUT2D eigenvalue weighted by Gasteiger charge is 2.08. The van der Waals surface area contributed by atoms with Crippen LogP contribution in [0.1, 0.15) is 24.9 Å². The first-order valence-electron chi connectivity index (χ1n) is 5.07. The van der Waals surface area contributed by atoms with E-state index in [-0.39, 0.29) is 11.9 Å². The molecule has 82 valence electrons. The van der Waals surface area contributed by atoms with Crippen LogP contribution in [0.2, 0.25) is 0 Å². The molecule has 0 fully saturated rings. The number of benzene rings is 1. The molecule has 1 amide bonds. The number of rotatable bonds is 5. The van der Waals surface area contributed by atoms with E-state index in [1.807, 2.05) is 37.3 Å². The predicted molar refractivity (Wildman–Crippen MR) is 59.5 cm³/mol. The van der Waals surface area contributed by atoms with E-state index in [9.17, 15) is 4.79 Å². The zero-order chi connectivity index (χ0) is 11.1. The van der Waals surface area contributed by atoms with Gasteiger partial charge < -0.3 is 10.1 Å². The van der Waals surface area contributed by atoms with Crippen molar-refractivity contribution in [3.05, 3.63) is 35.9 Å². The fourth-order valence-electron chi connectivity index (χ4n) is 1.33. The highest BCUT2D eigenvalue weighted by atomic mass is 16.5. The Kier molecular flexibility index (Phi) is 4.84. The quantitative estimate of drug-likeness (QED) is 0.800. The lowest BCUT2D eigenvalue weighted by atomic mass is 10.1. The molecule has 1 aromatic rings. The molecule has 15 heavy (non-hydrogen) atoms. The molecule has 3 heteroatoms. The lowest BCUT2D eigenvalue weighted by Crippen LogP contribution is -2.27. The number of methoxy groups -OCH3 is 1. The molecule has 1 aromatic carbocycles. The van der Waals surface area contributed by atoms with Gasteiger partial charge in [0, 0.05) is 13.5 Å². The fraction of sp³-hybridized carbons (Fsp3) is 0.417. The van der Waals surface area contributed by atoms with Gasteiger partial charge in [-0.25, -0.2) is 0 Å². The molecule has 1 atom stereocenters. The topological polar surface area (TPSA) is 38.3 Å². The minimum absolute atomic E-state index is 0.0215. The van der Waals surface area contributed by atoms with E-state index in [1.165, 1.54) is 0 Å². The second-order valence-corrected chi connectivity index (χ2v) is 3.44. The number of amides is 1. The van der Waals surface area contributed by atoms with Crippen molar-refractivity contribution in [3.8, 4) is 0 Å². The Labute approximate surface area is 90.4 Å². The molecule has 0 unspecified atom stereocenters. The van der Waals surface area contributed by atoms with Crippen LogP contribution in [0, 0.1) is 0 Å². The summed E-state index contributed by atoms with van der Waals surface area (Å²) in [6.07, 6.45) is 0.410. The summed E-state index contributed by atoms with van der Waals surface area (Å²) in [6.45, 7) is 2.44. The minimum Gasteiger partial charge on any atom is -0.384 e. The number of hydrogen-bond acceptors (Lipinski definition) is 2. The molecule has 0 saturated heterocycles. The van der Waals surface area contributed by atoms with Crippen molar-refractivity contribution in [1.29, 1.82) is 0 Å². The van der Waals surface area contributed by atoms with Gasteiger partial charge in [0.25, 0.3) is 0 Å². The molecule has 0 radical (unpaired) electrons. The summed E-state index contributed by atoms with van der Waals surface area (Å²) in [5.41, 5.74) is 1.11. The summed E-state index contributed by atoms with van der Waals surface area (Å²) in [4.78, 5) is 11.4. The maximum absolute atomic E-state index is 11.4. The minimum atomic E-state index is 0.0215. The molecule has 3 nitrogen and oxygen atoms in total. The summed E-state index contributed by atoms with van der Waals surface area (Å²) in [5, 5.41) is 2.91. The molecule has 0 spiro atoms. The maximum atomic E-state index is 11.4. The van der Waals surface area contributed by atoms with Crippen molar-refractivity contribution >= 4 is 5.91 Å². The summed E-state index contributed by atoms with van der Waals surface area (Å²) < 4.78 is 4.84. The first-order chi connectivity index (χ1) is 7.24. The third kappa shape index (κ3) is 4.13. The zero-order valence-electron chi connectivity index (χ0n) is 9.19. The molecular formula is C12H17NO2. The standard InChI is InChI=1S/C12H17NO2/c1-10(11-6-4-3-5-7-11)13-12(14)8-9-15-2/h3-7,10H,8-9H2,1-2H3,(H,13,14)/t10-/m0/s1. The van der Waals surface area contributed by atoms with Gasteiger partial charge in [-0.15, -0.1) is 0 Å². The Morgan fingerprint density at radius 2 is 2.07 bits per heavy atom. The summed E-state index contributed by atoms with van der Waals surface area (Å²) in [7, 11) is 1.59. The second-order valence-electron chi connectivity index (χ2n) is 3.44. The Morgan fingerprint density at radius 3 is 2.67 bits per heavy atom. The smallest absolute Gasteiger partial charge is 0.222 e. The fourth-order valence-corrected chi connectivity index (χ4v) is 1.33. The van der Waals surface area contributed by atoms with E-state index in [4.69, 9.17) is 4.74 Å². The van der Waals surface area contributed by atoms with Crippen molar-refractivity contribution in [2.45, 2.75) is 19.4 Å². The Balaban J connectivity index is 2.42. The third-order valence-electron chi connectivity index (χ3n) is 2.21. The first kappa shape index (κ1) is 11.7. The van der Waals surface area contributed by atoms with E-state index >= 15 is 0 Å². The van der Waals surface area contributed by atoms with Crippen LogP contribution < -0.4 is 5.32 Å². The van der Waals surface area contributed by atoms with E-state index in [2.05, 4.69) is 5.32 Å². The van der Waals surface area contributed by atoms with Gasteiger partial charge in [-0.05, 0) is 12.5 Å². The second kappa shape index (κ2) is 6.19. The van der Waals surface area contributed by atoms with Crippen molar-refractivity contribution in [2.75, 3.05) is 13.7 Å². The maximum Gasteiger partial charge on any atom is 0.222 e. The molecular weight excluding hydrogens is 190 g/mol. The largest absolute Gasteiger partial charge is 0.384 e. The number of carbonyl (C=O) groups is 1. The van der Waals surface area contributed by atoms with Crippen LogP contribution in [0.5, 0.6) is 0 Å². The van der Waals surface area contributed by atoms with Gasteiger partial charge in [0.1, 0.15) is 0 Å². The lowest BCUT2D eigenvalue weighted by Gasteiger charge is -2.13. The average Bonchev–Trinajstić information content (AvgIpc) is 2.27. The number of carbonyl (C=O) groups excluding carboxylic acids is 1. The normalized spacial score (nSPS) is 12.1. The number of nitrogens with one attached hydrogen (secondary N) is 1. The molecule has 0 aliphatic heterocycles. The van der Waals surface area contributed by atoms with Crippen LogP contribution >= 0.6 is 0 Å². The van der Waals surface area contributed by atoms with Crippen molar-refractivity contribution in [2.24, 2.45) is 0 Å². The molecule has 0 aromatic heterocycles. The summed E-state index contributed by atoms with van der Waals surface area (Å²) >= 11 is 0. The lowest BCUT2D eigenvalue weighted by molar-refractivity contribution is -0.122. The van der Waals surface area contributed by atoms with Crippen LogP contribution in [0.25, 0.3) is 0 Å². The van der Waals surface area contributed by atoms with Gasteiger partial charge in [0.15, 0.2) is 0 Å². The Morgan fingerprint density at radius 1 is 1.40 bits per heavy atom. The van der Waals surface area contributed by atoms with E-state index < -0.39 is 0 Å². The van der Waals surface area contributed by atoms with Crippen molar-refractivity contribution in [1.82, 2.24) is 5.32 Å². The molecule has 1 N–H and O–H groups in total. The monoisotopic (exact) mass is 207 g/mol. The van der Waals surface area contributed by atoms with Gasteiger partial charge in [-0.2, -0.15) is 0 Å². The van der Waals surface area contributed by atoms with Crippen LogP contribution in [0.3, 0.4) is 0 Å². The zero-order valence-corrected chi connectivity index (χ0v) is 9.19. The summed E-state index contributed by atoms with van der Waals surface area (Å²) in [6, 6.07) is 9.95. The summed E-state index contributed by atoms with van der Waals surface area (Å²) in [5.74, 6) is 0.0215. The van der Waals surface area contributed by atoms with Crippen LogP contribution in [0.4, 0.5) is 0 Å². The molecule has 0 aliphatic rings. The molecule has 0 bridgehead atoms. The van der Waals surface area contributed by atoms with Crippen molar-refractivity contribution < 1.29 is 9.53 Å². The van der Waals surface area contributed by atoms with E-state index in [0.717, 1.165) is 5.56 Å². The van der Waals surface area contributed by atoms with Crippen LogP contribution in [-0.2, 0) is 9.53 Å². The molecule has 0 saturated carbocycles. The Hall–Kier alpha value is -1.35. The number of hydrogen-bond donors (Lipinski definition) is 1. The number of ether oxygens (including phenoxy) is 1. The molecule has 0 heterocycles. The first-order valence-corrected chi connectivity index (χ1v) is 5.07. The molecule has 0 aliphatic carbocycles.